The van der Waals surface area contributed by atoms with Crippen molar-refractivity contribution >= 4 is 17.6 Å². The van der Waals surface area contributed by atoms with E-state index in [1.54, 1.807) is 6.20 Å². The van der Waals surface area contributed by atoms with Gasteiger partial charge in [0.2, 0.25) is 5.91 Å². The van der Waals surface area contributed by atoms with Crippen molar-refractivity contribution in [3.05, 3.63) is 36.3 Å². The van der Waals surface area contributed by atoms with Crippen LogP contribution in [0.4, 0.5) is 4.79 Å². The fraction of sp³-hybridized carbons (Fsp3) is 0.571. The lowest BCUT2D eigenvalue weighted by Crippen LogP contribution is -2.49. The van der Waals surface area contributed by atoms with E-state index in [-0.39, 0.29) is 18.0 Å². The molecule has 28 heavy (non-hydrogen) atoms. The van der Waals surface area contributed by atoms with Crippen LogP contribution in [-0.2, 0) is 16.0 Å². The van der Waals surface area contributed by atoms with Gasteiger partial charge in [0.25, 0.3) is 0 Å². The first-order chi connectivity index (χ1) is 13.5. The van der Waals surface area contributed by atoms with E-state index in [9.17, 15) is 9.59 Å². The fourth-order valence-electron chi connectivity index (χ4n) is 4.37. The molecule has 0 bridgehead atoms. The van der Waals surface area contributed by atoms with Crippen molar-refractivity contribution in [2.24, 2.45) is 0 Å². The summed E-state index contributed by atoms with van der Waals surface area (Å²) in [6.45, 7) is 6.10. The molecule has 1 atom stereocenters. The van der Waals surface area contributed by atoms with Gasteiger partial charge in [-0.1, -0.05) is 19.4 Å². The first-order valence-electron chi connectivity index (χ1n) is 10.2. The molecule has 7 nitrogen and oxygen atoms in total. The van der Waals surface area contributed by atoms with Crippen LogP contribution in [0.2, 0.25) is 0 Å². The smallest absolute Gasteiger partial charge is 0.410 e. The van der Waals surface area contributed by atoms with Crippen LogP contribution in [0, 0.1) is 0 Å². The highest BCUT2D eigenvalue weighted by Gasteiger charge is 2.48. The van der Waals surface area contributed by atoms with Crippen LogP contribution >= 0.6 is 0 Å². The summed E-state index contributed by atoms with van der Waals surface area (Å²) in [6.07, 6.45) is 7.26. The summed E-state index contributed by atoms with van der Waals surface area (Å²) in [5.41, 5.74) is 1.31. The number of hydrogen-bond acceptors (Lipinski definition) is 4. The van der Waals surface area contributed by atoms with Crippen LogP contribution in [0.25, 0.3) is 5.65 Å². The number of aromatic nitrogens is 2. The number of nitrogens with zero attached hydrogens (tertiary/aromatic N) is 4. The lowest BCUT2D eigenvalue weighted by Gasteiger charge is -2.37. The van der Waals surface area contributed by atoms with E-state index >= 15 is 0 Å². The van der Waals surface area contributed by atoms with Crippen molar-refractivity contribution in [2.45, 2.75) is 57.6 Å². The molecule has 2 aromatic heterocycles. The molecule has 2 fully saturated rings. The summed E-state index contributed by atoms with van der Waals surface area (Å²) in [6, 6.07) is 6.00. The number of amides is 2. The number of imidazole rings is 1. The minimum atomic E-state index is -0.431. The van der Waals surface area contributed by atoms with E-state index in [4.69, 9.17) is 4.74 Å². The Kier molecular flexibility index (Phi) is 5.00. The van der Waals surface area contributed by atoms with Crippen molar-refractivity contribution in [3.63, 3.8) is 0 Å². The monoisotopic (exact) mass is 384 g/mol. The van der Waals surface area contributed by atoms with Gasteiger partial charge in [0, 0.05) is 44.4 Å². The normalized spacial score (nSPS) is 20.0. The highest BCUT2D eigenvalue weighted by molar-refractivity contribution is 5.79. The number of pyridine rings is 1. The summed E-state index contributed by atoms with van der Waals surface area (Å²) in [7, 11) is 0. The average molecular weight is 384 g/mol. The van der Waals surface area contributed by atoms with Gasteiger partial charge in [0.15, 0.2) is 0 Å². The van der Waals surface area contributed by atoms with Gasteiger partial charge < -0.3 is 18.9 Å². The van der Waals surface area contributed by atoms with E-state index in [0.717, 1.165) is 24.2 Å². The van der Waals surface area contributed by atoms with Gasteiger partial charge >= 0.3 is 6.09 Å². The van der Waals surface area contributed by atoms with Crippen molar-refractivity contribution < 1.29 is 14.3 Å². The van der Waals surface area contributed by atoms with Crippen molar-refractivity contribution in [2.75, 3.05) is 19.6 Å². The highest BCUT2D eigenvalue weighted by Crippen LogP contribution is 2.34. The van der Waals surface area contributed by atoms with Crippen molar-refractivity contribution in [3.8, 4) is 0 Å². The number of likely N-dealkylation sites (tertiary alicyclic amines) is 1. The van der Waals surface area contributed by atoms with Crippen LogP contribution in [0.3, 0.4) is 0 Å². The van der Waals surface area contributed by atoms with Crippen LogP contribution in [-0.4, -0.2) is 62.5 Å². The molecule has 2 aliphatic heterocycles. The van der Waals surface area contributed by atoms with Gasteiger partial charge in [0.1, 0.15) is 11.2 Å². The van der Waals surface area contributed by atoms with E-state index < -0.39 is 5.60 Å². The minimum absolute atomic E-state index is 0.0982. The number of piperidine rings is 1. The van der Waals surface area contributed by atoms with Gasteiger partial charge in [-0.05, 0) is 25.5 Å². The third-order valence-electron chi connectivity index (χ3n) is 6.09. The summed E-state index contributed by atoms with van der Waals surface area (Å²) in [4.78, 5) is 33.2. The summed E-state index contributed by atoms with van der Waals surface area (Å²) >= 11 is 0. The molecule has 0 aromatic carbocycles. The molecule has 7 heteroatoms. The summed E-state index contributed by atoms with van der Waals surface area (Å²) in [5.74, 6) is 0.0982. The molecule has 0 aliphatic carbocycles. The number of carbonyl (C=O) groups is 2. The molecule has 2 aromatic rings. The first kappa shape index (κ1) is 18.8. The zero-order valence-electron chi connectivity index (χ0n) is 16.6. The molecule has 2 saturated heterocycles. The Hall–Kier alpha value is -2.57. The Bertz CT molecular complexity index is 869. The summed E-state index contributed by atoms with van der Waals surface area (Å²) in [5, 5.41) is 0. The number of rotatable bonds is 5. The lowest BCUT2D eigenvalue weighted by atomic mass is 9.90. The van der Waals surface area contributed by atoms with Crippen LogP contribution in [0.5, 0.6) is 0 Å². The largest absolute Gasteiger partial charge is 0.441 e. The molecule has 0 saturated carbocycles. The average Bonchev–Trinajstić information content (AvgIpc) is 3.24. The second-order valence-corrected chi connectivity index (χ2v) is 8.05. The Balaban J connectivity index is 1.36. The standard InChI is InChI=1S/C21H28N4O3/c1-3-6-16(2)25-15-21(28-20(25)27)8-11-23(12-9-21)19(26)13-17-14-22-18-7-4-5-10-24(17)18/h4-5,7,10,14,16H,3,6,8-9,11-13,15H2,1-2H3. The van der Waals surface area contributed by atoms with Gasteiger partial charge in [-0.3, -0.25) is 4.79 Å². The van der Waals surface area contributed by atoms with E-state index in [0.29, 0.717) is 38.9 Å². The van der Waals surface area contributed by atoms with Crippen LogP contribution in [0.15, 0.2) is 30.6 Å². The summed E-state index contributed by atoms with van der Waals surface area (Å²) < 4.78 is 7.75. The molecule has 0 N–H and O–H groups in total. The van der Waals surface area contributed by atoms with E-state index in [2.05, 4.69) is 18.8 Å². The number of hydrogen-bond donors (Lipinski definition) is 0. The first-order valence-corrected chi connectivity index (χ1v) is 10.2. The molecule has 4 heterocycles. The second-order valence-electron chi connectivity index (χ2n) is 8.05. The van der Waals surface area contributed by atoms with Crippen molar-refractivity contribution in [1.82, 2.24) is 19.2 Å². The second kappa shape index (κ2) is 7.45. The zero-order chi connectivity index (χ0) is 19.7. The predicted molar refractivity (Wildman–Crippen MR) is 105 cm³/mol. The molecular weight excluding hydrogens is 356 g/mol. The maximum absolute atomic E-state index is 12.8. The Labute approximate surface area is 165 Å². The quantitative estimate of drug-likeness (QED) is 0.795. The number of ether oxygens (including phenoxy) is 1. The van der Waals surface area contributed by atoms with E-state index in [1.807, 2.05) is 38.6 Å². The maximum atomic E-state index is 12.8. The third kappa shape index (κ3) is 3.45. The fourth-order valence-corrected chi connectivity index (χ4v) is 4.37. The Morgan fingerprint density at radius 3 is 2.86 bits per heavy atom. The maximum Gasteiger partial charge on any atom is 0.410 e. The van der Waals surface area contributed by atoms with E-state index in [1.165, 1.54) is 0 Å². The Morgan fingerprint density at radius 2 is 2.11 bits per heavy atom. The number of carbonyl (C=O) groups excluding carboxylic acids is 2. The molecule has 2 amide bonds. The van der Waals surface area contributed by atoms with Gasteiger partial charge in [0.05, 0.1) is 18.7 Å². The molecule has 1 unspecified atom stereocenters. The lowest BCUT2D eigenvalue weighted by molar-refractivity contribution is -0.133. The molecule has 150 valence electrons. The minimum Gasteiger partial charge on any atom is -0.441 e. The highest BCUT2D eigenvalue weighted by atomic mass is 16.6. The molecule has 2 aliphatic rings. The van der Waals surface area contributed by atoms with Gasteiger partial charge in [-0.15, -0.1) is 0 Å². The van der Waals surface area contributed by atoms with Gasteiger partial charge in [-0.2, -0.15) is 0 Å². The molecule has 0 radical (unpaired) electrons. The molecule has 1 spiro atoms. The van der Waals surface area contributed by atoms with Gasteiger partial charge in [-0.25, -0.2) is 9.78 Å². The topological polar surface area (TPSA) is 67.2 Å². The SMILES string of the molecule is CCCC(C)N1CC2(CCN(C(=O)Cc3cnc4ccccn34)CC2)OC1=O. The Morgan fingerprint density at radius 1 is 1.32 bits per heavy atom. The number of fused-ring (bicyclic) bond motifs is 1. The molecular formula is C21H28N4O3. The third-order valence-corrected chi connectivity index (χ3v) is 6.09. The predicted octanol–water partition coefficient (Wildman–Crippen LogP) is 2.88. The zero-order valence-corrected chi connectivity index (χ0v) is 16.6. The van der Waals surface area contributed by atoms with Crippen LogP contribution in [0.1, 0.15) is 45.2 Å². The van der Waals surface area contributed by atoms with Crippen molar-refractivity contribution in [1.29, 1.82) is 0 Å². The van der Waals surface area contributed by atoms with Crippen LogP contribution < -0.4 is 0 Å². The molecule has 4 rings (SSSR count).